The summed E-state index contributed by atoms with van der Waals surface area (Å²) in [5.74, 6) is 2.91. The van der Waals surface area contributed by atoms with Gasteiger partial charge in [0.15, 0.2) is 12.9 Å². The number of allylic oxidation sites excluding steroid dienone is 2. The Morgan fingerprint density at radius 1 is 0.929 bits per heavy atom. The molecule has 3 heteroatoms. The predicted octanol–water partition coefficient (Wildman–Crippen LogP) is 2.29. The van der Waals surface area contributed by atoms with Crippen molar-refractivity contribution in [3.8, 4) is 0 Å². The molecule has 0 unspecified atom stereocenters. The highest BCUT2D eigenvalue weighted by Crippen LogP contribution is 2.49. The van der Waals surface area contributed by atoms with E-state index in [9.17, 15) is 9.36 Å². The van der Waals surface area contributed by atoms with E-state index in [1.54, 1.807) is 0 Å². The first-order chi connectivity index (χ1) is 6.71. The molecule has 0 spiro atoms. The van der Waals surface area contributed by atoms with Crippen molar-refractivity contribution < 1.29 is 9.36 Å². The van der Waals surface area contributed by atoms with Crippen molar-refractivity contribution in [2.24, 2.45) is 0 Å². The Bertz CT molecular complexity index is 437. The van der Waals surface area contributed by atoms with Crippen LogP contribution in [-0.4, -0.2) is 5.78 Å². The van der Waals surface area contributed by atoms with Gasteiger partial charge in [-0.15, -0.1) is 0 Å². The molecular formula is C11H9O2P. The van der Waals surface area contributed by atoms with Crippen molar-refractivity contribution in [1.29, 1.82) is 0 Å². The molecule has 0 saturated heterocycles. The number of carbonyl (C=O) groups is 1. The Labute approximate surface area is 82.3 Å². The van der Waals surface area contributed by atoms with Crippen molar-refractivity contribution in [3.63, 3.8) is 0 Å². The predicted molar refractivity (Wildman–Crippen MR) is 57.0 cm³/mol. The van der Waals surface area contributed by atoms with E-state index in [0.717, 1.165) is 5.30 Å². The summed E-state index contributed by atoms with van der Waals surface area (Å²) in [4.78, 5) is 10.9. The molecule has 1 aromatic carbocycles. The van der Waals surface area contributed by atoms with Crippen LogP contribution in [0.15, 0.2) is 54.1 Å². The second-order valence-corrected chi connectivity index (χ2v) is 5.61. The van der Waals surface area contributed by atoms with Crippen LogP contribution in [0.4, 0.5) is 0 Å². The molecule has 1 aliphatic rings. The van der Waals surface area contributed by atoms with Crippen molar-refractivity contribution in [2.45, 2.75) is 0 Å². The van der Waals surface area contributed by atoms with Crippen LogP contribution in [0.1, 0.15) is 0 Å². The third-order valence-corrected chi connectivity index (χ3v) is 4.37. The number of benzene rings is 1. The van der Waals surface area contributed by atoms with Crippen LogP contribution in [0, 0.1) is 0 Å². The zero-order chi connectivity index (χ0) is 10.0. The fourth-order valence-corrected chi connectivity index (χ4v) is 3.13. The summed E-state index contributed by atoms with van der Waals surface area (Å²) in [5.41, 5.74) is 0. The molecule has 2 rings (SSSR count). The van der Waals surface area contributed by atoms with E-state index in [2.05, 4.69) is 0 Å². The average molecular weight is 204 g/mol. The van der Waals surface area contributed by atoms with Crippen LogP contribution in [0.25, 0.3) is 0 Å². The van der Waals surface area contributed by atoms with E-state index in [1.165, 1.54) is 23.8 Å². The molecule has 1 aromatic rings. The molecule has 1 aliphatic heterocycles. The zero-order valence-corrected chi connectivity index (χ0v) is 8.35. The molecule has 0 atom stereocenters. The lowest BCUT2D eigenvalue weighted by atomic mass is 10.4. The smallest absolute Gasteiger partial charge is 0.178 e. The van der Waals surface area contributed by atoms with E-state index in [4.69, 9.17) is 0 Å². The van der Waals surface area contributed by atoms with E-state index >= 15 is 0 Å². The summed E-state index contributed by atoms with van der Waals surface area (Å²) in [6.07, 6.45) is 2.74. The first-order valence-electron chi connectivity index (χ1n) is 4.28. The summed E-state index contributed by atoms with van der Waals surface area (Å²) >= 11 is 0. The van der Waals surface area contributed by atoms with Crippen LogP contribution in [-0.2, 0) is 9.36 Å². The lowest BCUT2D eigenvalue weighted by Gasteiger charge is -2.11. The van der Waals surface area contributed by atoms with Gasteiger partial charge in [-0.05, 0) is 23.8 Å². The number of carbonyl (C=O) groups excluding carboxylic acids is 1. The van der Waals surface area contributed by atoms with Gasteiger partial charge >= 0.3 is 0 Å². The normalized spacial score (nSPS) is 18.4. The third-order valence-electron chi connectivity index (χ3n) is 2.08. The van der Waals surface area contributed by atoms with Crippen molar-refractivity contribution in [1.82, 2.24) is 0 Å². The van der Waals surface area contributed by atoms with Crippen molar-refractivity contribution in [2.75, 3.05) is 0 Å². The molecule has 70 valence electrons. The summed E-state index contributed by atoms with van der Waals surface area (Å²) in [7, 11) is -2.59. The molecule has 0 aromatic heterocycles. The maximum Gasteiger partial charge on any atom is 0.178 e. The van der Waals surface area contributed by atoms with Crippen LogP contribution in [0.2, 0.25) is 0 Å². The number of rotatable bonds is 1. The molecule has 2 nitrogen and oxygen atoms in total. The molecule has 0 radical (unpaired) electrons. The minimum Gasteiger partial charge on any atom is -0.310 e. The van der Waals surface area contributed by atoms with Crippen LogP contribution in [0.5, 0.6) is 0 Å². The SMILES string of the molecule is O=C1C=CP(=O)(c2ccccc2)C=C1. The molecule has 0 fully saturated rings. The highest BCUT2D eigenvalue weighted by Gasteiger charge is 2.20. The summed E-state index contributed by atoms with van der Waals surface area (Å²) in [6.45, 7) is 0. The van der Waals surface area contributed by atoms with Gasteiger partial charge in [-0.3, -0.25) is 4.79 Å². The second kappa shape index (κ2) is 3.39. The fourth-order valence-electron chi connectivity index (χ4n) is 1.31. The Hall–Kier alpha value is -1.40. The molecule has 0 amide bonds. The van der Waals surface area contributed by atoms with E-state index in [1.807, 2.05) is 30.3 Å². The first-order valence-corrected chi connectivity index (χ1v) is 6.13. The molecule has 0 saturated carbocycles. The molecule has 1 heterocycles. The maximum atomic E-state index is 12.3. The second-order valence-electron chi connectivity index (χ2n) is 3.08. The molecule has 0 N–H and O–H groups in total. The molecule has 14 heavy (non-hydrogen) atoms. The highest BCUT2D eigenvalue weighted by atomic mass is 31.2. The quantitative estimate of drug-likeness (QED) is 0.657. The highest BCUT2D eigenvalue weighted by molar-refractivity contribution is 7.77. The monoisotopic (exact) mass is 204 g/mol. The van der Waals surface area contributed by atoms with Gasteiger partial charge in [-0.25, -0.2) is 0 Å². The molecular weight excluding hydrogens is 195 g/mol. The third kappa shape index (κ3) is 1.61. The van der Waals surface area contributed by atoms with Gasteiger partial charge in [-0.1, -0.05) is 30.3 Å². The van der Waals surface area contributed by atoms with Gasteiger partial charge in [0.2, 0.25) is 0 Å². The Morgan fingerprint density at radius 3 is 2.07 bits per heavy atom. The van der Waals surface area contributed by atoms with Crippen LogP contribution in [0.3, 0.4) is 0 Å². The van der Waals surface area contributed by atoms with Gasteiger partial charge in [0, 0.05) is 5.30 Å². The van der Waals surface area contributed by atoms with Gasteiger partial charge < -0.3 is 4.57 Å². The fraction of sp³-hybridized carbons (Fsp3) is 0. The topological polar surface area (TPSA) is 34.1 Å². The van der Waals surface area contributed by atoms with Gasteiger partial charge in [-0.2, -0.15) is 0 Å². The van der Waals surface area contributed by atoms with E-state index in [-0.39, 0.29) is 5.78 Å². The number of hydrogen-bond acceptors (Lipinski definition) is 2. The lowest BCUT2D eigenvalue weighted by Crippen LogP contribution is -2.03. The number of ketones is 1. The van der Waals surface area contributed by atoms with Gasteiger partial charge in [0.05, 0.1) is 0 Å². The van der Waals surface area contributed by atoms with Gasteiger partial charge in [0.25, 0.3) is 0 Å². The largest absolute Gasteiger partial charge is 0.310 e. The Balaban J connectivity index is 2.46. The summed E-state index contributed by atoms with van der Waals surface area (Å²) in [5, 5.41) is 0.764. The van der Waals surface area contributed by atoms with Crippen LogP contribution >= 0.6 is 7.14 Å². The molecule has 0 bridgehead atoms. The van der Waals surface area contributed by atoms with E-state index < -0.39 is 7.14 Å². The minimum atomic E-state index is -2.59. The maximum absolute atomic E-state index is 12.3. The average Bonchev–Trinajstić information content (AvgIpc) is 2.24. The lowest BCUT2D eigenvalue weighted by molar-refractivity contribution is -0.110. The zero-order valence-electron chi connectivity index (χ0n) is 7.46. The standard InChI is InChI=1S/C11H9O2P/c12-10-6-8-14(13,9-7-10)11-4-2-1-3-5-11/h1-9H. The number of hydrogen-bond donors (Lipinski definition) is 0. The van der Waals surface area contributed by atoms with E-state index in [0.29, 0.717) is 0 Å². The Morgan fingerprint density at radius 2 is 1.50 bits per heavy atom. The van der Waals surface area contributed by atoms with Gasteiger partial charge in [0.1, 0.15) is 0 Å². The summed E-state index contributed by atoms with van der Waals surface area (Å²) < 4.78 is 12.3. The summed E-state index contributed by atoms with van der Waals surface area (Å²) in [6, 6.07) is 9.18. The minimum absolute atomic E-state index is 0.104. The van der Waals surface area contributed by atoms with Crippen LogP contribution < -0.4 is 5.30 Å². The van der Waals surface area contributed by atoms with Crippen molar-refractivity contribution in [3.05, 3.63) is 54.1 Å². The Kier molecular flexibility index (Phi) is 2.22. The molecule has 0 aliphatic carbocycles. The first kappa shape index (κ1) is 9.17. The van der Waals surface area contributed by atoms with Crippen molar-refractivity contribution >= 4 is 18.2 Å².